The van der Waals surface area contributed by atoms with E-state index >= 15 is 0 Å². The van der Waals surface area contributed by atoms with E-state index in [-0.39, 0.29) is 5.91 Å². The molecule has 0 bridgehead atoms. The Kier molecular flexibility index (Phi) is 4.53. The van der Waals surface area contributed by atoms with Crippen LogP contribution in [0.4, 0.5) is 5.69 Å². The highest BCUT2D eigenvalue weighted by atomic mass is 32.2. The Morgan fingerprint density at radius 1 is 1.44 bits per heavy atom. The molecule has 18 heavy (non-hydrogen) atoms. The summed E-state index contributed by atoms with van der Waals surface area (Å²) in [6.07, 6.45) is 0. The van der Waals surface area contributed by atoms with Gasteiger partial charge in [0.1, 0.15) is 0 Å². The van der Waals surface area contributed by atoms with Gasteiger partial charge in [0.15, 0.2) is 0 Å². The van der Waals surface area contributed by atoms with Crippen LogP contribution >= 0.6 is 11.8 Å². The van der Waals surface area contributed by atoms with Crippen LogP contribution in [-0.2, 0) is 4.79 Å². The minimum Gasteiger partial charge on any atom is -0.360 e. The van der Waals surface area contributed by atoms with Gasteiger partial charge in [-0.3, -0.25) is 4.79 Å². The molecule has 1 aliphatic heterocycles. The van der Waals surface area contributed by atoms with Crippen molar-refractivity contribution in [1.82, 2.24) is 5.32 Å². The van der Waals surface area contributed by atoms with E-state index in [9.17, 15) is 4.79 Å². The predicted molar refractivity (Wildman–Crippen MR) is 77.2 cm³/mol. The van der Waals surface area contributed by atoms with E-state index in [1.54, 1.807) is 0 Å². The fourth-order valence-electron chi connectivity index (χ4n) is 1.94. The van der Waals surface area contributed by atoms with E-state index in [4.69, 9.17) is 0 Å². The number of hydrogen-bond donors (Lipinski definition) is 1. The number of fused-ring (bicyclic) bond motifs is 1. The Bertz CT molecular complexity index is 420. The summed E-state index contributed by atoms with van der Waals surface area (Å²) in [5, 5.41) is 2.97. The molecule has 0 radical (unpaired) electrons. The minimum atomic E-state index is 0.116. The molecule has 0 fully saturated rings. The third-order valence-electron chi connectivity index (χ3n) is 2.87. The second-order valence-corrected chi connectivity index (χ2v) is 6.07. The van der Waals surface area contributed by atoms with Crippen molar-refractivity contribution in [2.75, 3.05) is 30.3 Å². The monoisotopic (exact) mass is 264 g/mol. The molecule has 0 aromatic heterocycles. The van der Waals surface area contributed by atoms with Crippen molar-refractivity contribution in [3.05, 3.63) is 24.3 Å². The summed E-state index contributed by atoms with van der Waals surface area (Å²) in [4.78, 5) is 15.3. The van der Waals surface area contributed by atoms with Crippen LogP contribution in [0.5, 0.6) is 0 Å². The van der Waals surface area contributed by atoms with E-state index in [0.717, 1.165) is 18.8 Å². The van der Waals surface area contributed by atoms with Crippen LogP contribution in [0.25, 0.3) is 0 Å². The molecule has 1 N–H and O–H groups in total. The summed E-state index contributed by atoms with van der Waals surface area (Å²) >= 11 is 1.86. The SMILES string of the molecule is CC(C)CNC(=O)CN1CCSc2ccccc21. The molecular formula is C14H20N2OS. The highest BCUT2D eigenvalue weighted by Gasteiger charge is 2.18. The molecule has 0 spiro atoms. The molecule has 0 unspecified atom stereocenters. The van der Waals surface area contributed by atoms with Gasteiger partial charge >= 0.3 is 0 Å². The van der Waals surface area contributed by atoms with Gasteiger partial charge in [-0.1, -0.05) is 26.0 Å². The number of benzene rings is 1. The third-order valence-corrected chi connectivity index (χ3v) is 3.91. The summed E-state index contributed by atoms with van der Waals surface area (Å²) in [6, 6.07) is 8.30. The van der Waals surface area contributed by atoms with Crippen molar-refractivity contribution in [2.45, 2.75) is 18.7 Å². The summed E-state index contributed by atoms with van der Waals surface area (Å²) in [7, 11) is 0. The molecule has 98 valence electrons. The van der Waals surface area contributed by atoms with E-state index in [0.29, 0.717) is 12.5 Å². The first-order valence-corrected chi connectivity index (χ1v) is 7.39. The molecule has 0 saturated heterocycles. The number of nitrogens with one attached hydrogen (secondary N) is 1. The van der Waals surface area contributed by atoms with Crippen molar-refractivity contribution >= 4 is 23.4 Å². The zero-order valence-electron chi connectivity index (χ0n) is 11.0. The molecule has 1 aromatic carbocycles. The second-order valence-electron chi connectivity index (χ2n) is 4.94. The summed E-state index contributed by atoms with van der Waals surface area (Å²) in [5.74, 6) is 1.66. The molecule has 0 atom stereocenters. The molecule has 1 aromatic rings. The predicted octanol–water partition coefficient (Wildman–Crippen LogP) is 2.37. The average molecular weight is 264 g/mol. The number of para-hydroxylation sites is 1. The minimum absolute atomic E-state index is 0.116. The highest BCUT2D eigenvalue weighted by molar-refractivity contribution is 7.99. The quantitative estimate of drug-likeness (QED) is 0.906. The second kappa shape index (κ2) is 6.14. The molecular weight excluding hydrogens is 244 g/mol. The number of carbonyl (C=O) groups is 1. The van der Waals surface area contributed by atoms with Crippen molar-refractivity contribution < 1.29 is 4.79 Å². The number of rotatable bonds is 4. The van der Waals surface area contributed by atoms with Crippen molar-refractivity contribution in [3.63, 3.8) is 0 Å². The van der Waals surface area contributed by atoms with Crippen LogP contribution in [0.3, 0.4) is 0 Å². The number of thioether (sulfide) groups is 1. The van der Waals surface area contributed by atoms with Gasteiger partial charge in [0.25, 0.3) is 0 Å². The number of anilines is 1. The smallest absolute Gasteiger partial charge is 0.239 e. The summed E-state index contributed by atoms with van der Waals surface area (Å²) in [5.41, 5.74) is 1.19. The lowest BCUT2D eigenvalue weighted by Crippen LogP contribution is -2.40. The Balaban J connectivity index is 1.96. The van der Waals surface area contributed by atoms with Crippen LogP contribution < -0.4 is 10.2 Å². The number of nitrogens with zero attached hydrogens (tertiary/aromatic N) is 1. The Labute approximate surface area is 113 Å². The first kappa shape index (κ1) is 13.3. The van der Waals surface area contributed by atoms with Gasteiger partial charge in [0.2, 0.25) is 5.91 Å². The number of carbonyl (C=O) groups excluding carboxylic acids is 1. The number of hydrogen-bond acceptors (Lipinski definition) is 3. The molecule has 2 rings (SSSR count). The van der Waals surface area contributed by atoms with Crippen molar-refractivity contribution in [1.29, 1.82) is 0 Å². The molecule has 3 nitrogen and oxygen atoms in total. The van der Waals surface area contributed by atoms with Crippen LogP contribution in [0.15, 0.2) is 29.2 Å². The fourth-order valence-corrected chi connectivity index (χ4v) is 2.99. The normalized spacial score (nSPS) is 14.5. The van der Waals surface area contributed by atoms with E-state index in [2.05, 4.69) is 36.2 Å². The first-order valence-electron chi connectivity index (χ1n) is 6.40. The average Bonchev–Trinajstić information content (AvgIpc) is 2.37. The molecule has 1 amide bonds. The van der Waals surface area contributed by atoms with E-state index in [1.165, 1.54) is 10.6 Å². The molecule has 0 saturated carbocycles. The maximum absolute atomic E-state index is 11.9. The topological polar surface area (TPSA) is 32.3 Å². The van der Waals surface area contributed by atoms with Gasteiger partial charge in [-0.15, -0.1) is 11.8 Å². The van der Waals surface area contributed by atoms with Gasteiger partial charge in [0, 0.05) is 23.7 Å². The third kappa shape index (κ3) is 3.42. The van der Waals surface area contributed by atoms with Gasteiger partial charge in [-0.25, -0.2) is 0 Å². The first-order chi connectivity index (χ1) is 8.66. The maximum Gasteiger partial charge on any atom is 0.239 e. The Morgan fingerprint density at radius 3 is 3.00 bits per heavy atom. The van der Waals surface area contributed by atoms with Crippen LogP contribution in [0.1, 0.15) is 13.8 Å². The lowest BCUT2D eigenvalue weighted by atomic mass is 10.2. The lowest BCUT2D eigenvalue weighted by Gasteiger charge is -2.30. The highest BCUT2D eigenvalue weighted by Crippen LogP contribution is 2.33. The molecule has 1 heterocycles. The van der Waals surface area contributed by atoms with Gasteiger partial charge in [0.05, 0.1) is 12.2 Å². The molecule has 1 aliphatic rings. The fraction of sp³-hybridized carbons (Fsp3) is 0.500. The van der Waals surface area contributed by atoms with Gasteiger partial charge in [-0.05, 0) is 18.1 Å². The van der Waals surface area contributed by atoms with Crippen LogP contribution in [-0.4, -0.2) is 31.3 Å². The van der Waals surface area contributed by atoms with Crippen LogP contribution in [0, 0.1) is 5.92 Å². The molecule has 4 heteroatoms. The van der Waals surface area contributed by atoms with Crippen molar-refractivity contribution in [2.24, 2.45) is 5.92 Å². The zero-order chi connectivity index (χ0) is 13.0. The Hall–Kier alpha value is -1.16. The van der Waals surface area contributed by atoms with E-state index < -0.39 is 0 Å². The molecule has 0 aliphatic carbocycles. The van der Waals surface area contributed by atoms with Crippen molar-refractivity contribution in [3.8, 4) is 0 Å². The van der Waals surface area contributed by atoms with E-state index in [1.807, 2.05) is 23.9 Å². The largest absolute Gasteiger partial charge is 0.360 e. The summed E-state index contributed by atoms with van der Waals surface area (Å²) in [6.45, 7) is 6.37. The van der Waals surface area contributed by atoms with Crippen LogP contribution in [0.2, 0.25) is 0 Å². The number of amides is 1. The standard InChI is InChI=1S/C14H20N2OS/c1-11(2)9-15-14(17)10-16-7-8-18-13-6-4-3-5-12(13)16/h3-6,11H,7-10H2,1-2H3,(H,15,17). The van der Waals surface area contributed by atoms with Gasteiger partial charge in [-0.2, -0.15) is 0 Å². The van der Waals surface area contributed by atoms with Gasteiger partial charge < -0.3 is 10.2 Å². The zero-order valence-corrected chi connectivity index (χ0v) is 11.8. The summed E-state index contributed by atoms with van der Waals surface area (Å²) < 4.78 is 0. The maximum atomic E-state index is 11.9. The Morgan fingerprint density at radius 2 is 2.22 bits per heavy atom. The lowest BCUT2D eigenvalue weighted by molar-refractivity contribution is -0.119.